The van der Waals surface area contributed by atoms with Gasteiger partial charge in [-0.25, -0.2) is 4.79 Å². The second-order valence-corrected chi connectivity index (χ2v) is 7.41. The van der Waals surface area contributed by atoms with Crippen LogP contribution in [0.5, 0.6) is 0 Å². The van der Waals surface area contributed by atoms with Crippen LogP contribution in [0.3, 0.4) is 0 Å². The molecule has 0 bridgehead atoms. The molecule has 138 valence electrons. The van der Waals surface area contributed by atoms with Crippen LogP contribution in [0.2, 0.25) is 0 Å². The third-order valence-corrected chi connectivity index (χ3v) is 5.18. The lowest BCUT2D eigenvalue weighted by atomic mass is 9.85. The molecule has 2 aliphatic heterocycles. The number of hydrogen-bond acceptors (Lipinski definition) is 4. The zero-order chi connectivity index (χ0) is 18.2. The molecule has 1 aromatic rings. The molecule has 0 saturated carbocycles. The minimum atomic E-state index is -0.741. The zero-order valence-corrected chi connectivity index (χ0v) is 15.1. The van der Waals surface area contributed by atoms with Crippen LogP contribution >= 0.6 is 0 Å². The SMILES string of the molecule is CCN1C(=O)N(CC(C)C)C[C@@]12CN(C(=O)c1ccn[nH]1)CC[C@@H]2O. The first-order valence-electron chi connectivity index (χ1n) is 8.92. The molecule has 8 nitrogen and oxygen atoms in total. The van der Waals surface area contributed by atoms with E-state index in [-0.39, 0.29) is 11.9 Å². The summed E-state index contributed by atoms with van der Waals surface area (Å²) in [5, 5.41) is 17.3. The van der Waals surface area contributed by atoms with Crippen molar-refractivity contribution >= 4 is 11.9 Å². The Morgan fingerprint density at radius 2 is 2.24 bits per heavy atom. The number of aliphatic hydroxyl groups excluding tert-OH is 1. The summed E-state index contributed by atoms with van der Waals surface area (Å²) in [7, 11) is 0. The third-order valence-electron chi connectivity index (χ3n) is 5.18. The molecule has 0 radical (unpaired) electrons. The summed E-state index contributed by atoms with van der Waals surface area (Å²) >= 11 is 0. The highest BCUT2D eigenvalue weighted by Gasteiger charge is 2.56. The van der Waals surface area contributed by atoms with Crippen LogP contribution in [0.15, 0.2) is 12.3 Å². The van der Waals surface area contributed by atoms with Crippen LogP contribution in [0, 0.1) is 5.92 Å². The molecule has 2 saturated heterocycles. The fraction of sp³-hybridized carbons (Fsp3) is 0.706. The molecule has 0 unspecified atom stereocenters. The molecule has 3 heterocycles. The number of nitrogens with zero attached hydrogens (tertiary/aromatic N) is 4. The first-order chi connectivity index (χ1) is 11.9. The quantitative estimate of drug-likeness (QED) is 0.840. The lowest BCUT2D eigenvalue weighted by Gasteiger charge is -2.47. The van der Waals surface area contributed by atoms with E-state index in [1.54, 1.807) is 22.1 Å². The summed E-state index contributed by atoms with van der Waals surface area (Å²) in [5.74, 6) is 0.204. The molecule has 8 heteroatoms. The summed E-state index contributed by atoms with van der Waals surface area (Å²) < 4.78 is 0. The van der Waals surface area contributed by atoms with E-state index in [1.165, 1.54) is 0 Å². The van der Waals surface area contributed by atoms with Crippen LogP contribution in [-0.4, -0.2) is 86.3 Å². The number of aromatic amines is 1. The van der Waals surface area contributed by atoms with Crippen molar-refractivity contribution in [2.75, 3.05) is 32.7 Å². The van der Waals surface area contributed by atoms with E-state index in [2.05, 4.69) is 24.0 Å². The van der Waals surface area contributed by atoms with Gasteiger partial charge in [0.05, 0.1) is 12.6 Å². The Kier molecular flexibility index (Phi) is 4.73. The van der Waals surface area contributed by atoms with E-state index in [4.69, 9.17) is 0 Å². The molecular weight excluding hydrogens is 322 g/mol. The highest BCUT2D eigenvalue weighted by Crippen LogP contribution is 2.35. The number of aromatic nitrogens is 2. The van der Waals surface area contributed by atoms with Gasteiger partial charge in [0.2, 0.25) is 0 Å². The van der Waals surface area contributed by atoms with Crippen molar-refractivity contribution in [1.82, 2.24) is 24.9 Å². The Morgan fingerprint density at radius 1 is 1.48 bits per heavy atom. The van der Waals surface area contributed by atoms with Gasteiger partial charge in [0.15, 0.2) is 0 Å². The minimum Gasteiger partial charge on any atom is -0.390 e. The van der Waals surface area contributed by atoms with Gasteiger partial charge in [-0.3, -0.25) is 9.89 Å². The van der Waals surface area contributed by atoms with Crippen LogP contribution in [0.1, 0.15) is 37.7 Å². The molecule has 2 N–H and O–H groups in total. The fourth-order valence-electron chi connectivity index (χ4n) is 4.08. The van der Waals surface area contributed by atoms with E-state index in [0.29, 0.717) is 50.8 Å². The van der Waals surface area contributed by atoms with Crippen LogP contribution < -0.4 is 0 Å². The van der Waals surface area contributed by atoms with Gasteiger partial charge in [-0.05, 0) is 25.3 Å². The third kappa shape index (κ3) is 2.99. The van der Waals surface area contributed by atoms with Gasteiger partial charge in [0.1, 0.15) is 11.2 Å². The number of urea groups is 1. The lowest BCUT2D eigenvalue weighted by molar-refractivity contribution is -0.0410. The largest absolute Gasteiger partial charge is 0.390 e. The number of carbonyl (C=O) groups is 2. The number of likely N-dealkylation sites (tertiary alicyclic amines) is 1. The maximum Gasteiger partial charge on any atom is 0.320 e. The number of H-pyrrole nitrogens is 1. The second kappa shape index (κ2) is 6.67. The number of carbonyl (C=O) groups excluding carboxylic acids is 2. The molecule has 2 fully saturated rings. The zero-order valence-electron chi connectivity index (χ0n) is 15.1. The number of amides is 3. The number of nitrogens with one attached hydrogen (secondary N) is 1. The van der Waals surface area contributed by atoms with E-state index in [1.807, 2.05) is 11.8 Å². The number of likely N-dealkylation sites (N-methyl/N-ethyl adjacent to an activating group) is 1. The topological polar surface area (TPSA) is 92.8 Å². The highest BCUT2D eigenvalue weighted by molar-refractivity contribution is 5.92. The average molecular weight is 349 g/mol. The Labute approximate surface area is 147 Å². The van der Waals surface area contributed by atoms with Crippen molar-refractivity contribution in [1.29, 1.82) is 0 Å². The van der Waals surface area contributed by atoms with Crippen LogP contribution in [0.25, 0.3) is 0 Å². The number of piperidine rings is 1. The molecule has 25 heavy (non-hydrogen) atoms. The number of hydrogen-bond donors (Lipinski definition) is 2. The highest BCUT2D eigenvalue weighted by atomic mass is 16.3. The van der Waals surface area contributed by atoms with Crippen molar-refractivity contribution in [3.05, 3.63) is 18.0 Å². The van der Waals surface area contributed by atoms with Gasteiger partial charge < -0.3 is 19.8 Å². The van der Waals surface area contributed by atoms with Crippen LogP contribution in [0.4, 0.5) is 4.79 Å². The van der Waals surface area contributed by atoms with Gasteiger partial charge >= 0.3 is 6.03 Å². The number of rotatable bonds is 4. The fourth-order valence-corrected chi connectivity index (χ4v) is 4.08. The summed E-state index contributed by atoms with van der Waals surface area (Å²) in [6, 6.07) is 1.59. The molecule has 1 spiro atoms. The van der Waals surface area contributed by atoms with Gasteiger partial charge in [-0.1, -0.05) is 13.8 Å². The first-order valence-corrected chi connectivity index (χ1v) is 8.92. The van der Waals surface area contributed by atoms with Gasteiger partial charge in [-0.15, -0.1) is 0 Å². The molecule has 3 rings (SSSR count). The molecular formula is C17H27N5O3. The molecule has 0 aliphatic carbocycles. The molecule has 1 aromatic heterocycles. The first kappa shape index (κ1) is 17.7. The smallest absolute Gasteiger partial charge is 0.320 e. The molecule has 2 aliphatic rings. The maximum absolute atomic E-state index is 12.8. The van der Waals surface area contributed by atoms with E-state index < -0.39 is 11.6 Å². The van der Waals surface area contributed by atoms with Crippen LogP contribution in [-0.2, 0) is 0 Å². The maximum atomic E-state index is 12.8. The molecule has 3 amide bonds. The molecule has 0 aromatic carbocycles. The van der Waals surface area contributed by atoms with Crippen molar-refractivity contribution in [2.45, 2.75) is 38.8 Å². The summed E-state index contributed by atoms with van der Waals surface area (Å²) in [6.45, 7) is 8.47. The second-order valence-electron chi connectivity index (χ2n) is 7.41. The lowest BCUT2D eigenvalue weighted by Crippen LogP contribution is -2.66. The van der Waals surface area contributed by atoms with E-state index in [0.717, 1.165) is 0 Å². The van der Waals surface area contributed by atoms with E-state index >= 15 is 0 Å². The summed E-state index contributed by atoms with van der Waals surface area (Å²) in [6.07, 6.45) is 1.36. The van der Waals surface area contributed by atoms with Crippen molar-refractivity contribution in [3.8, 4) is 0 Å². The van der Waals surface area contributed by atoms with Gasteiger partial charge in [0, 0.05) is 32.4 Å². The van der Waals surface area contributed by atoms with Crippen molar-refractivity contribution in [2.24, 2.45) is 5.92 Å². The minimum absolute atomic E-state index is 0.0499. The van der Waals surface area contributed by atoms with Crippen molar-refractivity contribution < 1.29 is 14.7 Å². The normalized spacial score (nSPS) is 27.0. The Bertz CT molecular complexity index is 632. The Hall–Kier alpha value is -2.09. The Morgan fingerprint density at radius 3 is 2.84 bits per heavy atom. The molecule has 2 atom stereocenters. The average Bonchev–Trinajstić information content (AvgIpc) is 3.17. The predicted molar refractivity (Wildman–Crippen MR) is 92.0 cm³/mol. The monoisotopic (exact) mass is 349 g/mol. The number of aliphatic hydroxyl groups is 1. The summed E-state index contributed by atoms with van der Waals surface area (Å²) in [5.41, 5.74) is -0.313. The predicted octanol–water partition coefficient (Wildman–Crippen LogP) is 0.769. The van der Waals surface area contributed by atoms with Crippen molar-refractivity contribution in [3.63, 3.8) is 0 Å². The Balaban J connectivity index is 1.86. The van der Waals surface area contributed by atoms with Gasteiger partial charge in [0.25, 0.3) is 5.91 Å². The van der Waals surface area contributed by atoms with E-state index in [9.17, 15) is 14.7 Å². The van der Waals surface area contributed by atoms with Gasteiger partial charge in [-0.2, -0.15) is 5.10 Å². The summed E-state index contributed by atoms with van der Waals surface area (Å²) in [4.78, 5) is 30.8. The standard InChI is InChI=1S/C17H27N5O3/c1-4-22-16(25)21(9-12(2)3)11-17(22)10-20(8-6-14(17)23)15(24)13-5-7-18-19-13/h5,7,12,14,23H,4,6,8-11H2,1-3H3,(H,18,19)/t14-,17+/m0/s1.